The molecule has 0 saturated heterocycles. The molecule has 0 aliphatic heterocycles. The molecule has 0 radical (unpaired) electrons. The van der Waals surface area contributed by atoms with Crippen LogP contribution in [0.5, 0.6) is 0 Å². The maximum atomic E-state index is 4.68. The summed E-state index contributed by atoms with van der Waals surface area (Å²) in [6.45, 7) is 2.09. The second-order valence-electron chi connectivity index (χ2n) is 5.02. The Bertz CT molecular complexity index is 925. The second kappa shape index (κ2) is 5.27. The van der Waals surface area contributed by atoms with Crippen LogP contribution in [0.25, 0.3) is 16.3 Å². The van der Waals surface area contributed by atoms with Crippen LogP contribution >= 0.6 is 11.3 Å². The van der Waals surface area contributed by atoms with Gasteiger partial charge >= 0.3 is 0 Å². The molecule has 0 saturated carbocycles. The number of para-hydroxylation sites is 1. The largest absolute Gasteiger partial charge is 0.339 e. The predicted octanol–water partition coefficient (Wildman–Crippen LogP) is 4.51. The number of aromatic nitrogens is 3. The summed E-state index contributed by atoms with van der Waals surface area (Å²) in [4.78, 5) is 10.2. The van der Waals surface area contributed by atoms with E-state index in [9.17, 15) is 0 Å². The maximum Gasteiger partial charge on any atom is 0.236 e. The molecule has 0 amide bonds. The number of aryl methyl sites for hydroxylation is 1. The minimum Gasteiger partial charge on any atom is -0.339 e. The first-order valence-electron chi connectivity index (χ1n) is 7.02. The van der Waals surface area contributed by atoms with Crippen molar-refractivity contribution in [3.05, 3.63) is 65.8 Å². The minimum absolute atomic E-state index is 0.696. The van der Waals surface area contributed by atoms with Crippen molar-refractivity contribution in [2.75, 3.05) is 5.32 Å². The van der Waals surface area contributed by atoms with Crippen LogP contribution in [0.15, 0.2) is 60.2 Å². The van der Waals surface area contributed by atoms with Gasteiger partial charge in [0, 0.05) is 18.1 Å². The molecule has 0 bridgehead atoms. The molecule has 3 heterocycles. The number of thiophene rings is 1. The first-order valence-corrected chi connectivity index (χ1v) is 7.90. The number of rotatable bonds is 3. The van der Waals surface area contributed by atoms with E-state index in [2.05, 4.69) is 45.8 Å². The number of hydrogen-bond acceptors (Lipinski definition) is 4. The van der Waals surface area contributed by atoms with Crippen molar-refractivity contribution in [1.29, 1.82) is 0 Å². The second-order valence-corrected chi connectivity index (χ2v) is 5.96. The zero-order valence-corrected chi connectivity index (χ0v) is 12.8. The number of fused-ring (bicyclic) bond motifs is 1. The lowest BCUT2D eigenvalue weighted by Crippen LogP contribution is -1.98. The molecule has 1 aromatic carbocycles. The number of nitrogens with one attached hydrogen (secondary N) is 1. The van der Waals surface area contributed by atoms with Crippen LogP contribution in [-0.4, -0.2) is 14.4 Å². The highest BCUT2D eigenvalue weighted by Gasteiger charge is 2.16. The third-order valence-corrected chi connectivity index (χ3v) is 4.43. The molecule has 0 fully saturated rings. The van der Waals surface area contributed by atoms with Gasteiger partial charge in [-0.3, -0.25) is 4.40 Å². The van der Waals surface area contributed by atoms with Crippen LogP contribution in [0.2, 0.25) is 0 Å². The highest BCUT2D eigenvalue weighted by Crippen LogP contribution is 2.33. The molecule has 0 spiro atoms. The van der Waals surface area contributed by atoms with E-state index >= 15 is 0 Å². The molecule has 0 aliphatic rings. The van der Waals surface area contributed by atoms with Crippen molar-refractivity contribution in [3.63, 3.8) is 0 Å². The zero-order valence-electron chi connectivity index (χ0n) is 12.0. The molecule has 3 aromatic heterocycles. The van der Waals surface area contributed by atoms with Crippen molar-refractivity contribution >= 4 is 28.6 Å². The molecule has 5 heteroatoms. The number of benzene rings is 1. The fourth-order valence-corrected chi connectivity index (χ4v) is 3.15. The van der Waals surface area contributed by atoms with Crippen LogP contribution in [-0.2, 0) is 0 Å². The molecule has 0 aliphatic carbocycles. The Balaban J connectivity index is 1.91. The van der Waals surface area contributed by atoms with Crippen LogP contribution in [0.4, 0.5) is 11.5 Å². The third-order valence-electron chi connectivity index (χ3n) is 3.56. The van der Waals surface area contributed by atoms with Gasteiger partial charge in [-0.1, -0.05) is 24.3 Å². The molecule has 0 atom stereocenters. The van der Waals surface area contributed by atoms with E-state index in [1.165, 1.54) is 5.56 Å². The van der Waals surface area contributed by atoms with Gasteiger partial charge in [0.25, 0.3) is 0 Å². The summed E-state index contributed by atoms with van der Waals surface area (Å²) in [6, 6.07) is 14.3. The van der Waals surface area contributed by atoms with Gasteiger partial charge in [0.05, 0.1) is 4.88 Å². The standard InChI is InChI=1S/C17H14N4S/c1-12-6-2-3-7-13(12)19-16-15(14-8-4-11-22-14)20-17-18-9-5-10-21(16)17/h2-11,19H,1H3. The lowest BCUT2D eigenvalue weighted by Gasteiger charge is -2.10. The fraction of sp³-hybridized carbons (Fsp3) is 0.0588. The third kappa shape index (κ3) is 2.16. The smallest absolute Gasteiger partial charge is 0.236 e. The summed E-state index contributed by atoms with van der Waals surface area (Å²) in [5.74, 6) is 1.64. The van der Waals surface area contributed by atoms with E-state index < -0.39 is 0 Å². The first-order chi connectivity index (χ1) is 10.8. The monoisotopic (exact) mass is 306 g/mol. The lowest BCUT2D eigenvalue weighted by molar-refractivity contribution is 1.11. The van der Waals surface area contributed by atoms with Crippen molar-refractivity contribution < 1.29 is 0 Å². The van der Waals surface area contributed by atoms with Crippen molar-refractivity contribution in [1.82, 2.24) is 14.4 Å². The molecule has 1 N–H and O–H groups in total. The van der Waals surface area contributed by atoms with Crippen LogP contribution in [0.3, 0.4) is 0 Å². The van der Waals surface area contributed by atoms with E-state index in [1.54, 1.807) is 17.5 Å². The average Bonchev–Trinajstić information content (AvgIpc) is 3.17. The first kappa shape index (κ1) is 13.0. The Hall–Kier alpha value is -2.66. The fourth-order valence-electron chi connectivity index (χ4n) is 2.43. The van der Waals surface area contributed by atoms with Gasteiger partial charge < -0.3 is 5.32 Å². The van der Waals surface area contributed by atoms with Crippen LogP contribution in [0.1, 0.15) is 5.56 Å². The van der Waals surface area contributed by atoms with Crippen LogP contribution < -0.4 is 5.32 Å². The predicted molar refractivity (Wildman–Crippen MR) is 90.8 cm³/mol. The van der Waals surface area contributed by atoms with Gasteiger partial charge in [0.1, 0.15) is 11.5 Å². The minimum atomic E-state index is 0.696. The summed E-state index contributed by atoms with van der Waals surface area (Å²) in [5.41, 5.74) is 3.20. The molecule has 4 nitrogen and oxygen atoms in total. The highest BCUT2D eigenvalue weighted by atomic mass is 32.1. The maximum absolute atomic E-state index is 4.68. The van der Waals surface area contributed by atoms with Gasteiger partial charge in [-0.25, -0.2) is 9.97 Å². The Labute approximate surface area is 132 Å². The molecule has 108 valence electrons. The Morgan fingerprint density at radius 2 is 2.00 bits per heavy atom. The van der Waals surface area contributed by atoms with Gasteiger partial charge in [0.2, 0.25) is 5.78 Å². The van der Waals surface area contributed by atoms with Gasteiger partial charge in [-0.15, -0.1) is 11.3 Å². The lowest BCUT2D eigenvalue weighted by atomic mass is 10.2. The van der Waals surface area contributed by atoms with E-state index in [-0.39, 0.29) is 0 Å². The average molecular weight is 306 g/mol. The molecule has 22 heavy (non-hydrogen) atoms. The van der Waals surface area contributed by atoms with Crippen molar-refractivity contribution in [3.8, 4) is 10.6 Å². The quantitative estimate of drug-likeness (QED) is 0.605. The Morgan fingerprint density at radius 1 is 1.09 bits per heavy atom. The molecular formula is C17H14N4S. The van der Waals surface area contributed by atoms with E-state index in [0.717, 1.165) is 22.1 Å². The number of imidazole rings is 1. The summed E-state index contributed by atoms with van der Waals surface area (Å²) < 4.78 is 1.99. The summed E-state index contributed by atoms with van der Waals surface area (Å²) in [5, 5.41) is 5.58. The van der Waals surface area contributed by atoms with Gasteiger partial charge in [-0.2, -0.15) is 0 Å². The topological polar surface area (TPSA) is 42.2 Å². The zero-order chi connectivity index (χ0) is 14.9. The van der Waals surface area contributed by atoms with Gasteiger partial charge in [0.15, 0.2) is 0 Å². The van der Waals surface area contributed by atoms with Crippen molar-refractivity contribution in [2.45, 2.75) is 6.92 Å². The Morgan fingerprint density at radius 3 is 2.82 bits per heavy atom. The molecule has 0 unspecified atom stereocenters. The molecular weight excluding hydrogens is 292 g/mol. The SMILES string of the molecule is Cc1ccccc1Nc1c(-c2cccs2)nc2ncccn12. The summed E-state index contributed by atoms with van der Waals surface area (Å²) >= 11 is 1.68. The van der Waals surface area contributed by atoms with Gasteiger partial charge in [-0.05, 0) is 36.1 Å². The van der Waals surface area contributed by atoms with E-state index in [4.69, 9.17) is 0 Å². The molecule has 4 aromatic rings. The highest BCUT2D eigenvalue weighted by molar-refractivity contribution is 7.13. The van der Waals surface area contributed by atoms with Crippen LogP contribution in [0, 0.1) is 6.92 Å². The molecule has 4 rings (SSSR count). The number of nitrogens with zero attached hydrogens (tertiary/aromatic N) is 3. The normalized spacial score (nSPS) is 11.0. The Kier molecular flexibility index (Phi) is 3.12. The summed E-state index contributed by atoms with van der Waals surface area (Å²) in [6.07, 6.45) is 3.74. The van der Waals surface area contributed by atoms with Crippen molar-refractivity contribution in [2.24, 2.45) is 0 Å². The number of hydrogen-bond donors (Lipinski definition) is 1. The number of anilines is 2. The van der Waals surface area contributed by atoms with E-state index in [0.29, 0.717) is 5.78 Å². The summed E-state index contributed by atoms with van der Waals surface area (Å²) in [7, 11) is 0. The van der Waals surface area contributed by atoms with E-state index in [1.807, 2.05) is 34.9 Å².